The van der Waals surface area contributed by atoms with Crippen LogP contribution in [-0.2, 0) is 6.54 Å². The van der Waals surface area contributed by atoms with Crippen LogP contribution in [0.4, 0.5) is 0 Å². The minimum absolute atomic E-state index is 0.108. The van der Waals surface area contributed by atoms with Crippen LogP contribution in [0, 0.1) is 0 Å². The van der Waals surface area contributed by atoms with E-state index in [-0.39, 0.29) is 6.04 Å². The summed E-state index contributed by atoms with van der Waals surface area (Å²) in [6, 6.07) is 7.86. The first-order chi connectivity index (χ1) is 12.7. The zero-order chi connectivity index (χ0) is 17.9. The van der Waals surface area contributed by atoms with E-state index < -0.39 is 0 Å². The van der Waals surface area contributed by atoms with Crippen molar-refractivity contribution in [2.75, 3.05) is 26.2 Å². The molecule has 8 heteroatoms. The summed E-state index contributed by atoms with van der Waals surface area (Å²) in [5, 5.41) is 6.87. The monoisotopic (exact) mass is 389 g/mol. The van der Waals surface area contributed by atoms with Crippen molar-refractivity contribution in [2.45, 2.75) is 19.5 Å². The molecule has 0 aliphatic carbocycles. The molecule has 0 bridgehead atoms. The summed E-state index contributed by atoms with van der Waals surface area (Å²) in [6.45, 7) is 6.72. The highest BCUT2D eigenvalue weighted by molar-refractivity contribution is 7.13. The average molecular weight is 390 g/mol. The van der Waals surface area contributed by atoms with E-state index in [2.05, 4.69) is 31.8 Å². The summed E-state index contributed by atoms with van der Waals surface area (Å²) in [5.41, 5.74) is 0.938. The predicted octanol–water partition coefficient (Wildman–Crippen LogP) is 3.73. The Kier molecular flexibility index (Phi) is 5.31. The van der Waals surface area contributed by atoms with Gasteiger partial charge in [-0.05, 0) is 30.5 Å². The largest absolute Gasteiger partial charge is 0.337 e. The van der Waals surface area contributed by atoms with Gasteiger partial charge in [0, 0.05) is 38.9 Å². The molecule has 1 atom stereocenters. The molecule has 1 saturated heterocycles. The Hall–Kier alpha value is -1.80. The van der Waals surface area contributed by atoms with Gasteiger partial charge in [0.2, 0.25) is 11.7 Å². The first-order valence-corrected chi connectivity index (χ1v) is 9.90. The number of hydrogen-bond donors (Lipinski definition) is 0. The van der Waals surface area contributed by atoms with Crippen molar-refractivity contribution in [3.63, 3.8) is 0 Å². The number of piperazine rings is 1. The summed E-state index contributed by atoms with van der Waals surface area (Å²) in [6.07, 6.45) is 1.79. The maximum absolute atomic E-state index is 6.22. The van der Waals surface area contributed by atoms with Gasteiger partial charge in [-0.2, -0.15) is 4.98 Å². The summed E-state index contributed by atoms with van der Waals surface area (Å²) < 4.78 is 5.50. The smallest absolute Gasteiger partial charge is 0.244 e. The van der Waals surface area contributed by atoms with E-state index in [0.717, 1.165) is 48.3 Å². The molecule has 1 unspecified atom stereocenters. The molecule has 0 saturated carbocycles. The number of nitrogens with zero attached hydrogens (tertiary/aromatic N) is 5. The Bertz CT molecular complexity index is 845. The van der Waals surface area contributed by atoms with Gasteiger partial charge in [0.25, 0.3) is 0 Å². The van der Waals surface area contributed by atoms with E-state index in [1.165, 1.54) is 0 Å². The summed E-state index contributed by atoms with van der Waals surface area (Å²) in [7, 11) is 0. The van der Waals surface area contributed by atoms with Crippen molar-refractivity contribution in [1.29, 1.82) is 0 Å². The highest BCUT2D eigenvalue weighted by Crippen LogP contribution is 2.26. The van der Waals surface area contributed by atoms with E-state index in [4.69, 9.17) is 16.1 Å². The van der Waals surface area contributed by atoms with Crippen LogP contribution in [0.3, 0.4) is 0 Å². The molecule has 1 aliphatic heterocycles. The Morgan fingerprint density at radius 3 is 2.81 bits per heavy atom. The second kappa shape index (κ2) is 7.84. The second-order valence-electron chi connectivity index (χ2n) is 6.35. The number of pyridine rings is 1. The number of rotatable bonds is 5. The lowest BCUT2D eigenvalue weighted by Crippen LogP contribution is -2.46. The molecular formula is C18H20ClN5OS. The summed E-state index contributed by atoms with van der Waals surface area (Å²) >= 11 is 7.84. The topological polar surface area (TPSA) is 58.3 Å². The van der Waals surface area contributed by atoms with E-state index in [1.54, 1.807) is 17.5 Å². The number of halogens is 1. The van der Waals surface area contributed by atoms with E-state index in [0.29, 0.717) is 11.7 Å². The van der Waals surface area contributed by atoms with Crippen molar-refractivity contribution in [2.24, 2.45) is 0 Å². The highest BCUT2D eigenvalue weighted by atomic mass is 35.5. The molecular weight excluding hydrogens is 370 g/mol. The Balaban J connectivity index is 1.35. The lowest BCUT2D eigenvalue weighted by molar-refractivity contribution is 0.0839. The maximum Gasteiger partial charge on any atom is 0.244 e. The van der Waals surface area contributed by atoms with Crippen molar-refractivity contribution in [3.05, 3.63) is 52.4 Å². The standard InChI is InChI=1S/C18H20ClN5OS/c1-13(18-21-17(22-25-18)16-5-3-11-26-16)24-9-7-23(8-10-24)12-15-14(19)4-2-6-20-15/h2-6,11,13H,7-10,12H2,1H3. The van der Waals surface area contributed by atoms with Gasteiger partial charge in [-0.1, -0.05) is 22.8 Å². The van der Waals surface area contributed by atoms with Crippen LogP contribution in [0.1, 0.15) is 24.6 Å². The van der Waals surface area contributed by atoms with Gasteiger partial charge in [-0.15, -0.1) is 11.3 Å². The number of thiophene rings is 1. The SMILES string of the molecule is CC(c1nc(-c2cccs2)no1)N1CCN(Cc2ncccc2Cl)CC1. The third-order valence-electron chi connectivity index (χ3n) is 4.70. The molecule has 4 heterocycles. The van der Waals surface area contributed by atoms with Crippen LogP contribution in [0.25, 0.3) is 10.7 Å². The fourth-order valence-corrected chi connectivity index (χ4v) is 3.95. The van der Waals surface area contributed by atoms with Crippen LogP contribution in [0.5, 0.6) is 0 Å². The van der Waals surface area contributed by atoms with E-state index in [9.17, 15) is 0 Å². The average Bonchev–Trinajstić information content (AvgIpc) is 3.35. The van der Waals surface area contributed by atoms with Crippen LogP contribution in [-0.4, -0.2) is 51.1 Å². The zero-order valence-corrected chi connectivity index (χ0v) is 16.1. The molecule has 0 radical (unpaired) electrons. The molecule has 1 aliphatic rings. The first kappa shape index (κ1) is 17.6. The maximum atomic E-state index is 6.22. The van der Waals surface area contributed by atoms with E-state index >= 15 is 0 Å². The van der Waals surface area contributed by atoms with Gasteiger partial charge >= 0.3 is 0 Å². The number of aromatic nitrogens is 3. The van der Waals surface area contributed by atoms with Crippen molar-refractivity contribution in [3.8, 4) is 10.7 Å². The molecule has 136 valence electrons. The van der Waals surface area contributed by atoms with Crippen LogP contribution >= 0.6 is 22.9 Å². The first-order valence-electron chi connectivity index (χ1n) is 8.64. The Morgan fingerprint density at radius 2 is 2.08 bits per heavy atom. The molecule has 0 spiro atoms. The van der Waals surface area contributed by atoms with Crippen LogP contribution in [0.15, 0.2) is 40.4 Å². The van der Waals surface area contributed by atoms with Crippen molar-refractivity contribution in [1.82, 2.24) is 24.9 Å². The predicted molar refractivity (Wildman–Crippen MR) is 102 cm³/mol. The van der Waals surface area contributed by atoms with Gasteiger partial charge < -0.3 is 4.52 Å². The fraction of sp³-hybridized carbons (Fsp3) is 0.389. The molecule has 3 aromatic rings. The lowest BCUT2D eigenvalue weighted by Gasteiger charge is -2.36. The fourth-order valence-electron chi connectivity index (χ4n) is 3.12. The molecule has 1 fully saturated rings. The Morgan fingerprint density at radius 1 is 1.23 bits per heavy atom. The molecule has 0 aromatic carbocycles. The van der Waals surface area contributed by atoms with Gasteiger partial charge in [0.15, 0.2) is 0 Å². The summed E-state index contributed by atoms with van der Waals surface area (Å²) in [4.78, 5) is 14.7. The molecule has 6 nitrogen and oxygen atoms in total. The molecule has 0 N–H and O–H groups in total. The molecule has 4 rings (SSSR count). The highest BCUT2D eigenvalue weighted by Gasteiger charge is 2.26. The van der Waals surface area contributed by atoms with Crippen LogP contribution in [0.2, 0.25) is 5.02 Å². The van der Waals surface area contributed by atoms with Gasteiger partial charge in [-0.25, -0.2) is 0 Å². The van der Waals surface area contributed by atoms with Gasteiger partial charge in [-0.3, -0.25) is 14.8 Å². The minimum Gasteiger partial charge on any atom is -0.337 e. The zero-order valence-electron chi connectivity index (χ0n) is 14.5. The van der Waals surface area contributed by atoms with Gasteiger partial charge in [0.1, 0.15) is 0 Å². The van der Waals surface area contributed by atoms with Crippen LogP contribution < -0.4 is 0 Å². The molecule has 3 aromatic heterocycles. The summed E-state index contributed by atoms with van der Waals surface area (Å²) in [5.74, 6) is 1.35. The third-order valence-corrected chi connectivity index (χ3v) is 5.91. The lowest BCUT2D eigenvalue weighted by atomic mass is 10.2. The van der Waals surface area contributed by atoms with E-state index in [1.807, 2.05) is 29.6 Å². The third kappa shape index (κ3) is 3.81. The van der Waals surface area contributed by atoms with Crippen molar-refractivity contribution < 1.29 is 4.52 Å². The molecule has 26 heavy (non-hydrogen) atoms. The second-order valence-corrected chi connectivity index (χ2v) is 7.71. The van der Waals surface area contributed by atoms with Crippen molar-refractivity contribution >= 4 is 22.9 Å². The quantitative estimate of drug-likeness (QED) is 0.662. The number of hydrogen-bond acceptors (Lipinski definition) is 7. The minimum atomic E-state index is 0.108. The normalized spacial score (nSPS) is 17.5. The molecule has 0 amide bonds. The van der Waals surface area contributed by atoms with Gasteiger partial charge in [0.05, 0.1) is 21.6 Å². The Labute approximate surface area is 161 Å².